The maximum absolute atomic E-state index is 14.0. The van der Waals surface area contributed by atoms with Gasteiger partial charge in [0.1, 0.15) is 11.5 Å². The average Bonchev–Trinajstić information content (AvgIpc) is 2.85. The smallest absolute Gasteiger partial charge is 0.170 e. The van der Waals surface area contributed by atoms with E-state index in [-0.39, 0.29) is 17.1 Å². The van der Waals surface area contributed by atoms with E-state index in [1.54, 1.807) is 0 Å². The lowest BCUT2D eigenvalue weighted by molar-refractivity contribution is 0.318. The number of nitrogens with two attached hydrogens (primary N) is 1. The van der Waals surface area contributed by atoms with Crippen LogP contribution < -0.4 is 5.73 Å². The lowest BCUT2D eigenvalue weighted by Gasteiger charge is -2.10. The Labute approximate surface area is 108 Å². The standard InChI is InChI=1S/C12H12F2N4O/c1-2-10-16-3-4-18(10)11-8(13)5-7(6-9(11)14)12(15)17-19/h3-6,19H,2H2,1H3,(H2,15,17). The highest BCUT2D eigenvalue weighted by molar-refractivity contribution is 5.97. The van der Waals surface area contributed by atoms with Gasteiger partial charge in [-0.3, -0.25) is 4.57 Å². The zero-order valence-corrected chi connectivity index (χ0v) is 10.1. The van der Waals surface area contributed by atoms with Gasteiger partial charge in [0.15, 0.2) is 17.5 Å². The summed E-state index contributed by atoms with van der Waals surface area (Å²) in [5.41, 5.74) is 5.04. The summed E-state index contributed by atoms with van der Waals surface area (Å²) in [6, 6.07) is 2.01. The van der Waals surface area contributed by atoms with Crippen molar-refractivity contribution in [2.24, 2.45) is 10.9 Å². The summed E-state index contributed by atoms with van der Waals surface area (Å²) in [4.78, 5) is 4.01. The molecule has 3 N–H and O–H groups in total. The molecule has 19 heavy (non-hydrogen) atoms. The molecule has 7 heteroatoms. The van der Waals surface area contributed by atoms with Gasteiger partial charge in [-0.05, 0) is 12.1 Å². The van der Waals surface area contributed by atoms with Crippen molar-refractivity contribution in [3.63, 3.8) is 0 Å². The number of halogens is 2. The van der Waals surface area contributed by atoms with Crippen molar-refractivity contribution >= 4 is 5.84 Å². The van der Waals surface area contributed by atoms with Gasteiger partial charge in [-0.25, -0.2) is 13.8 Å². The Bertz CT molecular complexity index is 613. The van der Waals surface area contributed by atoms with Gasteiger partial charge in [0.05, 0.1) is 0 Å². The zero-order valence-electron chi connectivity index (χ0n) is 10.1. The summed E-state index contributed by atoms with van der Waals surface area (Å²) in [6.07, 6.45) is 3.48. The fourth-order valence-electron chi connectivity index (χ4n) is 1.80. The van der Waals surface area contributed by atoms with E-state index >= 15 is 0 Å². The van der Waals surface area contributed by atoms with Gasteiger partial charge in [-0.15, -0.1) is 0 Å². The summed E-state index contributed by atoms with van der Waals surface area (Å²) in [7, 11) is 0. The van der Waals surface area contributed by atoms with Crippen LogP contribution in [-0.2, 0) is 6.42 Å². The molecule has 0 saturated heterocycles. The summed E-state index contributed by atoms with van der Waals surface area (Å²) < 4.78 is 29.3. The van der Waals surface area contributed by atoms with E-state index in [1.807, 2.05) is 6.92 Å². The molecule has 5 nitrogen and oxygen atoms in total. The Kier molecular flexibility index (Phi) is 3.46. The van der Waals surface area contributed by atoms with Crippen LogP contribution in [-0.4, -0.2) is 20.6 Å². The number of hydrogen-bond donors (Lipinski definition) is 2. The summed E-state index contributed by atoms with van der Waals surface area (Å²) in [5.74, 6) is -1.44. The minimum atomic E-state index is -0.811. The first-order valence-corrected chi connectivity index (χ1v) is 5.58. The highest BCUT2D eigenvalue weighted by Crippen LogP contribution is 2.21. The number of oxime groups is 1. The Morgan fingerprint density at radius 2 is 2.05 bits per heavy atom. The maximum atomic E-state index is 14.0. The predicted octanol–water partition coefficient (Wildman–Crippen LogP) is 1.81. The first kappa shape index (κ1) is 13.0. The number of hydrogen-bond acceptors (Lipinski definition) is 3. The maximum Gasteiger partial charge on any atom is 0.170 e. The second kappa shape index (κ2) is 5.05. The van der Waals surface area contributed by atoms with Gasteiger partial charge < -0.3 is 10.9 Å². The van der Waals surface area contributed by atoms with Crippen LogP contribution in [0.25, 0.3) is 5.69 Å². The predicted molar refractivity (Wildman–Crippen MR) is 65.4 cm³/mol. The lowest BCUT2D eigenvalue weighted by Crippen LogP contribution is -2.15. The molecule has 100 valence electrons. The normalized spacial score (nSPS) is 11.8. The van der Waals surface area contributed by atoms with E-state index in [0.717, 1.165) is 12.1 Å². The minimum Gasteiger partial charge on any atom is -0.409 e. The molecule has 0 amide bonds. The van der Waals surface area contributed by atoms with Crippen molar-refractivity contribution in [3.8, 4) is 5.69 Å². The van der Waals surface area contributed by atoms with Crippen molar-refractivity contribution in [2.45, 2.75) is 13.3 Å². The largest absolute Gasteiger partial charge is 0.409 e. The first-order valence-electron chi connectivity index (χ1n) is 5.58. The van der Waals surface area contributed by atoms with E-state index < -0.39 is 11.6 Å². The number of amidine groups is 1. The number of nitrogens with zero attached hydrogens (tertiary/aromatic N) is 3. The van der Waals surface area contributed by atoms with Crippen LogP contribution in [0.1, 0.15) is 18.3 Å². The Morgan fingerprint density at radius 1 is 1.42 bits per heavy atom. The van der Waals surface area contributed by atoms with E-state index in [9.17, 15) is 8.78 Å². The van der Waals surface area contributed by atoms with Crippen LogP contribution in [0.4, 0.5) is 8.78 Å². The zero-order chi connectivity index (χ0) is 14.0. The number of benzene rings is 1. The fourth-order valence-corrected chi connectivity index (χ4v) is 1.80. The van der Waals surface area contributed by atoms with Crippen molar-refractivity contribution in [2.75, 3.05) is 0 Å². The van der Waals surface area contributed by atoms with Crippen LogP contribution >= 0.6 is 0 Å². The summed E-state index contributed by atoms with van der Waals surface area (Å²) in [5, 5.41) is 11.2. The third-order valence-corrected chi connectivity index (χ3v) is 2.69. The van der Waals surface area contributed by atoms with Crippen molar-refractivity contribution < 1.29 is 14.0 Å². The summed E-state index contributed by atoms with van der Waals surface area (Å²) in [6.45, 7) is 1.83. The highest BCUT2D eigenvalue weighted by atomic mass is 19.1. The molecule has 2 aromatic rings. The lowest BCUT2D eigenvalue weighted by atomic mass is 10.1. The van der Waals surface area contributed by atoms with Crippen LogP contribution in [0.5, 0.6) is 0 Å². The Hall–Kier alpha value is -2.44. The van der Waals surface area contributed by atoms with E-state index in [4.69, 9.17) is 10.9 Å². The van der Waals surface area contributed by atoms with Gasteiger partial charge in [0, 0.05) is 24.4 Å². The quantitative estimate of drug-likeness (QED) is 0.385. The van der Waals surface area contributed by atoms with Gasteiger partial charge >= 0.3 is 0 Å². The molecule has 0 spiro atoms. The summed E-state index contributed by atoms with van der Waals surface area (Å²) >= 11 is 0. The van der Waals surface area contributed by atoms with Gasteiger partial charge in [-0.2, -0.15) is 0 Å². The van der Waals surface area contributed by atoms with Gasteiger partial charge in [0.25, 0.3) is 0 Å². The molecule has 0 atom stereocenters. The molecule has 0 radical (unpaired) electrons. The molecule has 1 aromatic heterocycles. The Morgan fingerprint density at radius 3 is 2.58 bits per heavy atom. The highest BCUT2D eigenvalue weighted by Gasteiger charge is 2.16. The molecule has 0 unspecified atom stereocenters. The minimum absolute atomic E-state index is 0.0283. The van der Waals surface area contributed by atoms with E-state index in [1.165, 1.54) is 17.0 Å². The SMILES string of the molecule is CCc1nccn1-c1c(F)cc(/C(N)=N/O)cc1F. The molecule has 0 fully saturated rings. The van der Waals surface area contributed by atoms with Crippen LogP contribution in [0.2, 0.25) is 0 Å². The number of imidazole rings is 1. The van der Waals surface area contributed by atoms with Crippen LogP contribution in [0, 0.1) is 11.6 Å². The fraction of sp³-hybridized carbons (Fsp3) is 0.167. The van der Waals surface area contributed by atoms with E-state index in [0.29, 0.717) is 12.2 Å². The molecular weight excluding hydrogens is 254 g/mol. The van der Waals surface area contributed by atoms with Gasteiger partial charge in [0.2, 0.25) is 0 Å². The average molecular weight is 266 g/mol. The Balaban J connectivity index is 2.60. The number of rotatable bonds is 3. The second-order valence-corrected chi connectivity index (χ2v) is 3.84. The molecule has 0 aliphatic rings. The topological polar surface area (TPSA) is 76.4 Å². The van der Waals surface area contributed by atoms with Crippen molar-refractivity contribution in [3.05, 3.63) is 47.5 Å². The molecule has 0 aliphatic heterocycles. The molecule has 1 heterocycles. The second-order valence-electron chi connectivity index (χ2n) is 3.84. The molecule has 0 saturated carbocycles. The molecular formula is C12H12F2N4O. The third-order valence-electron chi connectivity index (χ3n) is 2.69. The first-order chi connectivity index (χ1) is 9.08. The van der Waals surface area contributed by atoms with Crippen molar-refractivity contribution in [1.29, 1.82) is 0 Å². The number of aromatic nitrogens is 2. The molecule has 2 rings (SSSR count). The number of aryl methyl sites for hydroxylation is 1. The molecule has 0 bridgehead atoms. The molecule has 1 aromatic carbocycles. The molecule has 0 aliphatic carbocycles. The van der Waals surface area contributed by atoms with Crippen LogP contribution in [0.3, 0.4) is 0 Å². The van der Waals surface area contributed by atoms with Crippen molar-refractivity contribution in [1.82, 2.24) is 9.55 Å². The van der Waals surface area contributed by atoms with Crippen LogP contribution in [0.15, 0.2) is 29.7 Å². The van der Waals surface area contributed by atoms with Gasteiger partial charge in [-0.1, -0.05) is 12.1 Å². The monoisotopic (exact) mass is 266 g/mol. The third kappa shape index (κ3) is 2.26. The van der Waals surface area contributed by atoms with E-state index in [2.05, 4.69) is 10.1 Å².